The third-order valence-electron chi connectivity index (χ3n) is 6.26. The smallest absolute Gasteiger partial charge is 0.239 e. The summed E-state index contributed by atoms with van der Waals surface area (Å²) < 4.78 is 14.0. The Morgan fingerprint density at radius 1 is 0.875 bits per heavy atom. The SMILES string of the molecule is Fc1ccccc1N1COOC2(OOC1)C1CC3CC(C1)CC2C3. The van der Waals surface area contributed by atoms with Crippen molar-refractivity contribution in [2.45, 2.75) is 37.9 Å². The third-order valence-corrected chi connectivity index (χ3v) is 6.26. The largest absolute Gasteiger partial charge is 0.317 e. The van der Waals surface area contributed by atoms with Crippen molar-refractivity contribution in [2.24, 2.45) is 23.7 Å². The van der Waals surface area contributed by atoms with Gasteiger partial charge in [-0.1, -0.05) is 12.1 Å². The lowest BCUT2D eigenvalue weighted by molar-refractivity contribution is -0.558. The highest BCUT2D eigenvalue weighted by Crippen LogP contribution is 2.60. The van der Waals surface area contributed by atoms with Gasteiger partial charge in [0.1, 0.15) is 5.82 Å². The van der Waals surface area contributed by atoms with Crippen molar-refractivity contribution in [2.75, 3.05) is 18.4 Å². The van der Waals surface area contributed by atoms with Gasteiger partial charge in [0.05, 0.1) is 5.69 Å². The molecule has 24 heavy (non-hydrogen) atoms. The van der Waals surface area contributed by atoms with E-state index in [1.165, 1.54) is 12.5 Å². The van der Waals surface area contributed by atoms with Crippen molar-refractivity contribution >= 4 is 5.69 Å². The summed E-state index contributed by atoms with van der Waals surface area (Å²) in [5, 5.41) is 0. The normalized spacial score (nSPS) is 37.5. The Kier molecular flexibility index (Phi) is 3.56. The van der Waals surface area contributed by atoms with E-state index in [1.807, 2.05) is 0 Å². The molecule has 4 aliphatic carbocycles. The van der Waals surface area contributed by atoms with Crippen LogP contribution in [0.3, 0.4) is 0 Å². The molecular weight excluding hydrogens is 313 g/mol. The van der Waals surface area contributed by atoms with Crippen LogP contribution in [-0.4, -0.2) is 19.2 Å². The quantitative estimate of drug-likeness (QED) is 0.733. The standard InChI is InChI=1S/C18H22FNO4/c19-16-3-1-2-4-17(16)20-10-21-23-18(24-22-11-20)14-6-12-5-13(8-14)9-15(18)7-12/h1-4,12-15H,5-11H2. The molecule has 0 amide bonds. The Balaban J connectivity index is 1.33. The van der Waals surface area contributed by atoms with Gasteiger partial charge in [-0.2, -0.15) is 9.78 Å². The minimum Gasteiger partial charge on any atom is -0.317 e. The van der Waals surface area contributed by atoms with Gasteiger partial charge in [0.25, 0.3) is 0 Å². The van der Waals surface area contributed by atoms with E-state index in [9.17, 15) is 4.39 Å². The van der Waals surface area contributed by atoms with Crippen LogP contribution in [-0.2, 0) is 19.6 Å². The molecule has 5 fully saturated rings. The van der Waals surface area contributed by atoms with Crippen LogP contribution in [0.25, 0.3) is 0 Å². The Morgan fingerprint density at radius 2 is 1.46 bits per heavy atom. The second-order valence-electron chi connectivity index (χ2n) is 7.68. The van der Waals surface area contributed by atoms with E-state index in [-0.39, 0.29) is 19.3 Å². The maximum atomic E-state index is 14.0. The van der Waals surface area contributed by atoms with E-state index in [0.29, 0.717) is 17.5 Å². The van der Waals surface area contributed by atoms with Crippen LogP contribution < -0.4 is 4.90 Å². The highest BCUT2D eigenvalue weighted by molar-refractivity contribution is 5.46. The van der Waals surface area contributed by atoms with E-state index in [1.54, 1.807) is 23.1 Å². The topological polar surface area (TPSA) is 40.2 Å². The summed E-state index contributed by atoms with van der Waals surface area (Å²) in [6.07, 6.45) is 5.84. The van der Waals surface area contributed by atoms with Crippen LogP contribution in [0.5, 0.6) is 0 Å². The van der Waals surface area contributed by atoms with Crippen LogP contribution >= 0.6 is 0 Å². The molecule has 1 saturated heterocycles. The molecule has 1 aliphatic heterocycles. The zero-order valence-electron chi connectivity index (χ0n) is 13.5. The molecule has 1 aromatic carbocycles. The van der Waals surface area contributed by atoms with Crippen LogP contribution in [0.4, 0.5) is 10.1 Å². The molecule has 5 aliphatic rings. The number of halogens is 1. The second-order valence-corrected chi connectivity index (χ2v) is 7.68. The lowest BCUT2D eigenvalue weighted by Crippen LogP contribution is -2.61. The van der Waals surface area contributed by atoms with Gasteiger partial charge in [-0.05, 0) is 56.1 Å². The molecule has 130 valence electrons. The van der Waals surface area contributed by atoms with E-state index in [4.69, 9.17) is 19.6 Å². The molecule has 5 nitrogen and oxygen atoms in total. The predicted octanol–water partition coefficient (Wildman–Crippen LogP) is 3.61. The number of rotatable bonds is 1. The molecular formula is C18H22FNO4. The number of benzene rings is 1. The van der Waals surface area contributed by atoms with Gasteiger partial charge in [-0.3, -0.25) is 0 Å². The Morgan fingerprint density at radius 3 is 2.04 bits per heavy atom. The first-order valence-corrected chi connectivity index (χ1v) is 8.85. The molecule has 1 heterocycles. The fourth-order valence-electron chi connectivity index (χ4n) is 5.38. The minimum absolute atomic E-state index is 0.109. The number of anilines is 1. The first kappa shape index (κ1) is 15.1. The van der Waals surface area contributed by atoms with Gasteiger partial charge in [-0.25, -0.2) is 14.2 Å². The molecule has 0 aromatic heterocycles. The molecule has 0 N–H and O–H groups in total. The van der Waals surface area contributed by atoms with E-state index in [0.717, 1.165) is 37.5 Å². The monoisotopic (exact) mass is 335 g/mol. The van der Waals surface area contributed by atoms with E-state index in [2.05, 4.69) is 0 Å². The van der Waals surface area contributed by atoms with Gasteiger partial charge >= 0.3 is 0 Å². The van der Waals surface area contributed by atoms with Crippen molar-refractivity contribution in [3.05, 3.63) is 30.1 Å². The fraction of sp³-hybridized carbons (Fsp3) is 0.667. The highest BCUT2D eigenvalue weighted by Gasteiger charge is 2.61. The lowest BCUT2D eigenvalue weighted by atomic mass is 9.53. The van der Waals surface area contributed by atoms with Gasteiger partial charge in [-0.15, -0.1) is 0 Å². The van der Waals surface area contributed by atoms with E-state index < -0.39 is 5.79 Å². The van der Waals surface area contributed by atoms with Crippen molar-refractivity contribution in [3.8, 4) is 0 Å². The summed E-state index contributed by atoms with van der Waals surface area (Å²) in [7, 11) is 0. The molecule has 0 radical (unpaired) electrons. The average Bonchev–Trinajstić information content (AvgIpc) is 2.54. The van der Waals surface area contributed by atoms with Crippen molar-refractivity contribution in [1.29, 1.82) is 0 Å². The second kappa shape index (κ2) is 5.66. The maximum Gasteiger partial charge on any atom is 0.239 e. The van der Waals surface area contributed by atoms with Gasteiger partial charge in [0.15, 0.2) is 13.5 Å². The van der Waals surface area contributed by atoms with Gasteiger partial charge < -0.3 is 4.90 Å². The number of para-hydroxylation sites is 1. The summed E-state index contributed by atoms with van der Waals surface area (Å²) in [5.74, 6) is 1.14. The van der Waals surface area contributed by atoms with E-state index >= 15 is 0 Å². The summed E-state index contributed by atoms with van der Waals surface area (Å²) in [6.45, 7) is 0.219. The molecule has 1 spiro atoms. The Bertz CT molecular complexity index is 585. The van der Waals surface area contributed by atoms with Crippen molar-refractivity contribution in [3.63, 3.8) is 0 Å². The van der Waals surface area contributed by atoms with Crippen LogP contribution in [0.1, 0.15) is 32.1 Å². The fourth-order valence-corrected chi connectivity index (χ4v) is 5.38. The molecule has 0 unspecified atom stereocenters. The average molecular weight is 335 g/mol. The van der Waals surface area contributed by atoms with Crippen LogP contribution in [0.15, 0.2) is 24.3 Å². The van der Waals surface area contributed by atoms with Crippen molar-refractivity contribution in [1.82, 2.24) is 0 Å². The zero-order chi connectivity index (χ0) is 16.1. The van der Waals surface area contributed by atoms with Gasteiger partial charge in [0.2, 0.25) is 5.79 Å². The first-order chi connectivity index (χ1) is 11.7. The molecule has 0 atom stereocenters. The van der Waals surface area contributed by atoms with Crippen LogP contribution in [0.2, 0.25) is 0 Å². The number of hydrogen-bond acceptors (Lipinski definition) is 5. The summed E-state index contributed by atoms with van der Waals surface area (Å²) >= 11 is 0. The van der Waals surface area contributed by atoms with Crippen molar-refractivity contribution < 1.29 is 23.9 Å². The summed E-state index contributed by atoms with van der Waals surface area (Å²) in [4.78, 5) is 24.3. The zero-order valence-corrected chi connectivity index (χ0v) is 13.5. The summed E-state index contributed by atoms with van der Waals surface area (Å²) in [6, 6.07) is 6.52. The first-order valence-electron chi connectivity index (χ1n) is 8.85. The van der Waals surface area contributed by atoms with Gasteiger partial charge in [0, 0.05) is 11.8 Å². The lowest BCUT2D eigenvalue weighted by Gasteiger charge is -2.58. The molecule has 1 aromatic rings. The highest BCUT2D eigenvalue weighted by atomic mass is 19.1. The Labute approximate surface area is 140 Å². The predicted molar refractivity (Wildman–Crippen MR) is 82.7 cm³/mol. The van der Waals surface area contributed by atoms with Crippen LogP contribution in [0, 0.1) is 29.5 Å². The third kappa shape index (κ3) is 2.28. The molecule has 4 saturated carbocycles. The Hall–Kier alpha value is -1.21. The maximum absolute atomic E-state index is 14.0. The minimum atomic E-state index is -0.783. The molecule has 6 rings (SSSR count). The molecule has 6 heteroatoms. The number of hydrogen-bond donors (Lipinski definition) is 0. The molecule has 4 bridgehead atoms. The number of nitrogens with zero attached hydrogens (tertiary/aromatic N) is 1. The summed E-state index contributed by atoms with van der Waals surface area (Å²) in [5.41, 5.74) is 0.408.